The Labute approximate surface area is 155 Å². The molecule has 25 heavy (non-hydrogen) atoms. The zero-order chi connectivity index (χ0) is 18.4. The van der Waals surface area contributed by atoms with Crippen LogP contribution in [-0.4, -0.2) is 28.5 Å². The number of carbonyl (C=O) groups excluding carboxylic acids is 1. The molecule has 1 amide bonds. The maximum Gasteiger partial charge on any atom is 0.309 e. The molecular weight excluding hydrogens is 356 g/mol. The van der Waals surface area contributed by atoms with Crippen molar-refractivity contribution in [3.05, 3.63) is 45.9 Å². The summed E-state index contributed by atoms with van der Waals surface area (Å²) in [5.74, 6) is -0.337. The maximum atomic E-state index is 12.5. The van der Waals surface area contributed by atoms with E-state index < -0.39 is 11.4 Å². The molecule has 5 nitrogen and oxygen atoms in total. The molecule has 0 aliphatic carbocycles. The van der Waals surface area contributed by atoms with Crippen LogP contribution in [0.1, 0.15) is 41.3 Å². The number of benzene rings is 1. The fourth-order valence-electron chi connectivity index (χ4n) is 2.10. The molecule has 0 fully saturated rings. The molecule has 1 aromatic heterocycles. The molecule has 0 aliphatic heterocycles. The number of hydrogen-bond donors (Lipinski definition) is 2. The minimum absolute atomic E-state index is 0.182. The highest BCUT2D eigenvalue weighted by Crippen LogP contribution is 2.27. The third kappa shape index (κ3) is 5.57. The maximum absolute atomic E-state index is 12.5. The van der Waals surface area contributed by atoms with Crippen LogP contribution in [0.15, 0.2) is 34.5 Å². The largest absolute Gasteiger partial charge is 0.481 e. The van der Waals surface area contributed by atoms with Crippen molar-refractivity contribution in [3.63, 3.8) is 0 Å². The lowest BCUT2D eigenvalue weighted by molar-refractivity contribution is -0.147. The van der Waals surface area contributed by atoms with Gasteiger partial charge in [0, 0.05) is 22.6 Å². The number of rotatable bonds is 8. The normalized spacial score (nSPS) is 11.3. The van der Waals surface area contributed by atoms with Crippen molar-refractivity contribution >= 4 is 35.0 Å². The molecule has 1 heterocycles. The Morgan fingerprint density at radius 1 is 1.32 bits per heavy atom. The van der Waals surface area contributed by atoms with E-state index in [4.69, 9.17) is 5.11 Å². The number of aliphatic carboxylic acids is 1. The van der Waals surface area contributed by atoms with Crippen molar-refractivity contribution in [3.8, 4) is 0 Å². The summed E-state index contributed by atoms with van der Waals surface area (Å²) in [7, 11) is 0. The van der Waals surface area contributed by atoms with E-state index in [9.17, 15) is 9.59 Å². The zero-order valence-corrected chi connectivity index (χ0v) is 16.2. The van der Waals surface area contributed by atoms with Crippen molar-refractivity contribution < 1.29 is 14.7 Å². The average molecular weight is 379 g/mol. The molecule has 0 radical (unpaired) electrons. The molecule has 0 unspecified atom stereocenters. The molecule has 0 saturated carbocycles. The van der Waals surface area contributed by atoms with Crippen LogP contribution >= 0.6 is 23.1 Å². The number of carbonyl (C=O) groups is 2. The first-order chi connectivity index (χ1) is 11.8. The predicted octanol–water partition coefficient (Wildman–Crippen LogP) is 3.97. The van der Waals surface area contributed by atoms with E-state index in [-0.39, 0.29) is 5.91 Å². The van der Waals surface area contributed by atoms with Crippen LogP contribution in [0.25, 0.3) is 0 Å². The summed E-state index contributed by atoms with van der Waals surface area (Å²) < 4.78 is 0. The van der Waals surface area contributed by atoms with E-state index in [2.05, 4.69) is 10.3 Å². The van der Waals surface area contributed by atoms with Crippen LogP contribution in [0, 0.1) is 12.3 Å². The van der Waals surface area contributed by atoms with Gasteiger partial charge in [-0.2, -0.15) is 0 Å². The number of carboxylic acid groups (broad SMARTS) is 1. The Balaban J connectivity index is 1.96. The lowest BCUT2D eigenvalue weighted by atomic mass is 9.90. The molecule has 134 valence electrons. The standard InChI is InChI=1S/C18H22N2O3S2/c1-12-20-13(10-24-12)11-25-15-7-5-4-6-14(15)16(21)19-9-8-18(2,3)17(22)23/h4-7,10H,8-9,11H2,1-3H3,(H,19,21)(H,22,23). The van der Waals surface area contributed by atoms with Crippen LogP contribution < -0.4 is 5.32 Å². The molecule has 0 aliphatic rings. The van der Waals surface area contributed by atoms with Gasteiger partial charge < -0.3 is 10.4 Å². The summed E-state index contributed by atoms with van der Waals surface area (Å²) in [5.41, 5.74) is 0.753. The highest BCUT2D eigenvalue weighted by atomic mass is 32.2. The number of thioether (sulfide) groups is 1. The number of nitrogens with one attached hydrogen (secondary N) is 1. The van der Waals surface area contributed by atoms with Crippen molar-refractivity contribution in [1.29, 1.82) is 0 Å². The van der Waals surface area contributed by atoms with Gasteiger partial charge in [0.15, 0.2) is 0 Å². The molecule has 0 saturated heterocycles. The molecule has 0 bridgehead atoms. The van der Waals surface area contributed by atoms with Crippen LogP contribution in [0.5, 0.6) is 0 Å². The van der Waals surface area contributed by atoms with Crippen LogP contribution in [0.2, 0.25) is 0 Å². The van der Waals surface area contributed by atoms with Crippen LogP contribution in [0.3, 0.4) is 0 Å². The summed E-state index contributed by atoms with van der Waals surface area (Å²) in [5, 5.41) is 15.0. The molecule has 7 heteroatoms. The smallest absolute Gasteiger partial charge is 0.309 e. The van der Waals surface area contributed by atoms with Gasteiger partial charge in [0.05, 0.1) is 21.7 Å². The second-order valence-electron chi connectivity index (χ2n) is 6.34. The predicted molar refractivity (Wildman–Crippen MR) is 101 cm³/mol. The topological polar surface area (TPSA) is 79.3 Å². The second kappa shape index (κ2) is 8.49. The number of thiazole rings is 1. The first kappa shape index (κ1) is 19.5. The molecule has 1 aromatic carbocycles. The number of aryl methyl sites for hydroxylation is 1. The quantitative estimate of drug-likeness (QED) is 0.679. The Kier molecular flexibility index (Phi) is 6.61. The summed E-state index contributed by atoms with van der Waals surface area (Å²) in [6.07, 6.45) is 0.376. The van der Waals surface area contributed by atoms with Gasteiger partial charge in [0.2, 0.25) is 0 Å². The summed E-state index contributed by atoms with van der Waals surface area (Å²) in [6.45, 7) is 5.60. The van der Waals surface area contributed by atoms with Gasteiger partial charge in [-0.3, -0.25) is 9.59 Å². The van der Waals surface area contributed by atoms with Crippen molar-refractivity contribution in [2.75, 3.05) is 6.54 Å². The molecule has 0 atom stereocenters. The van der Waals surface area contributed by atoms with E-state index in [1.165, 1.54) is 0 Å². The van der Waals surface area contributed by atoms with E-state index in [1.807, 2.05) is 30.5 Å². The molecule has 2 N–H and O–H groups in total. The zero-order valence-electron chi connectivity index (χ0n) is 14.5. The minimum atomic E-state index is -0.865. The molecule has 2 rings (SSSR count). The number of carboxylic acids is 1. The lowest BCUT2D eigenvalue weighted by Gasteiger charge is -2.19. The Hall–Kier alpha value is -1.86. The van der Waals surface area contributed by atoms with E-state index in [1.54, 1.807) is 43.0 Å². The minimum Gasteiger partial charge on any atom is -0.481 e. The fraction of sp³-hybridized carbons (Fsp3) is 0.389. The Bertz CT molecular complexity index is 756. The summed E-state index contributed by atoms with van der Waals surface area (Å²) in [4.78, 5) is 28.9. The lowest BCUT2D eigenvalue weighted by Crippen LogP contribution is -2.32. The van der Waals surface area contributed by atoms with Crippen molar-refractivity contribution in [2.24, 2.45) is 5.41 Å². The van der Waals surface area contributed by atoms with Crippen LogP contribution in [0.4, 0.5) is 0 Å². The number of aromatic nitrogens is 1. The number of amides is 1. The molecule has 2 aromatic rings. The van der Waals surface area contributed by atoms with E-state index in [0.29, 0.717) is 24.3 Å². The van der Waals surface area contributed by atoms with Gasteiger partial charge in [-0.05, 0) is 39.3 Å². The first-order valence-electron chi connectivity index (χ1n) is 7.94. The number of hydrogen-bond acceptors (Lipinski definition) is 5. The third-order valence-electron chi connectivity index (χ3n) is 3.79. The number of nitrogens with zero attached hydrogens (tertiary/aromatic N) is 1. The fourth-order valence-corrected chi connectivity index (χ4v) is 3.76. The van der Waals surface area contributed by atoms with Gasteiger partial charge in [0.25, 0.3) is 5.91 Å². The van der Waals surface area contributed by atoms with Gasteiger partial charge >= 0.3 is 5.97 Å². The highest BCUT2D eigenvalue weighted by Gasteiger charge is 2.26. The third-order valence-corrected chi connectivity index (χ3v) is 5.72. The highest BCUT2D eigenvalue weighted by molar-refractivity contribution is 7.98. The molecule has 0 spiro atoms. The van der Waals surface area contributed by atoms with Crippen molar-refractivity contribution in [1.82, 2.24) is 10.3 Å². The van der Waals surface area contributed by atoms with E-state index >= 15 is 0 Å². The van der Waals surface area contributed by atoms with Gasteiger partial charge in [-0.25, -0.2) is 4.98 Å². The average Bonchev–Trinajstić information content (AvgIpc) is 2.98. The summed E-state index contributed by atoms with van der Waals surface area (Å²) in [6, 6.07) is 7.43. The van der Waals surface area contributed by atoms with Crippen LogP contribution in [-0.2, 0) is 10.5 Å². The summed E-state index contributed by atoms with van der Waals surface area (Å²) >= 11 is 3.19. The molecular formula is C18H22N2O3S2. The van der Waals surface area contributed by atoms with Gasteiger partial charge in [0.1, 0.15) is 0 Å². The van der Waals surface area contributed by atoms with Gasteiger partial charge in [-0.1, -0.05) is 12.1 Å². The van der Waals surface area contributed by atoms with E-state index in [0.717, 1.165) is 15.6 Å². The first-order valence-corrected chi connectivity index (χ1v) is 9.80. The SMILES string of the molecule is Cc1nc(CSc2ccccc2C(=O)NCCC(C)(C)C(=O)O)cs1. The van der Waals surface area contributed by atoms with Crippen molar-refractivity contribution in [2.45, 2.75) is 37.8 Å². The van der Waals surface area contributed by atoms with Gasteiger partial charge in [-0.15, -0.1) is 23.1 Å². The Morgan fingerprint density at radius 3 is 2.68 bits per heavy atom. The second-order valence-corrected chi connectivity index (χ2v) is 8.42. The Morgan fingerprint density at radius 2 is 2.04 bits per heavy atom. The monoisotopic (exact) mass is 378 g/mol.